The van der Waals surface area contributed by atoms with Crippen molar-refractivity contribution >= 4 is 17.7 Å². The summed E-state index contributed by atoms with van der Waals surface area (Å²) < 4.78 is 0. The fourth-order valence-electron chi connectivity index (χ4n) is 2.94. The van der Waals surface area contributed by atoms with E-state index >= 15 is 0 Å². The van der Waals surface area contributed by atoms with Crippen LogP contribution in [0.3, 0.4) is 0 Å². The summed E-state index contributed by atoms with van der Waals surface area (Å²) in [5.41, 5.74) is 1.37. The van der Waals surface area contributed by atoms with Crippen LogP contribution in [0.2, 0.25) is 0 Å². The summed E-state index contributed by atoms with van der Waals surface area (Å²) in [6, 6.07) is 17.4. The molecule has 122 valence electrons. The predicted octanol–water partition coefficient (Wildman–Crippen LogP) is 4.73. The van der Waals surface area contributed by atoms with Gasteiger partial charge in [-0.1, -0.05) is 48.9 Å². The zero-order valence-electron chi connectivity index (χ0n) is 13.6. The first-order valence-electron chi connectivity index (χ1n) is 8.35. The number of amides is 1. The number of likely N-dealkylation sites (tertiary alicyclic amines) is 1. The van der Waals surface area contributed by atoms with Crippen LogP contribution in [0.15, 0.2) is 58.3 Å². The highest BCUT2D eigenvalue weighted by Crippen LogP contribution is 2.33. The van der Waals surface area contributed by atoms with Crippen LogP contribution in [0.4, 0.5) is 0 Å². The topological polar surface area (TPSA) is 44.1 Å². The Morgan fingerprint density at radius 2 is 1.54 bits per heavy atom. The third-order valence-corrected chi connectivity index (χ3v) is 5.39. The van der Waals surface area contributed by atoms with E-state index in [1.54, 1.807) is 0 Å². The Bertz CT molecular complexity index is 758. The van der Waals surface area contributed by atoms with Crippen molar-refractivity contribution in [1.82, 2.24) is 4.90 Å². The molecule has 1 heterocycles. The molecule has 24 heavy (non-hydrogen) atoms. The number of nitriles is 1. The van der Waals surface area contributed by atoms with Crippen LogP contribution in [-0.2, 0) is 0 Å². The second-order valence-corrected chi connectivity index (χ2v) is 7.00. The van der Waals surface area contributed by atoms with Gasteiger partial charge in [-0.2, -0.15) is 5.26 Å². The molecule has 3 nitrogen and oxygen atoms in total. The third-order valence-electron chi connectivity index (χ3n) is 4.24. The van der Waals surface area contributed by atoms with Crippen LogP contribution in [0.1, 0.15) is 41.6 Å². The molecular weight excluding hydrogens is 316 g/mol. The van der Waals surface area contributed by atoms with Crippen molar-refractivity contribution in [3.63, 3.8) is 0 Å². The summed E-state index contributed by atoms with van der Waals surface area (Å²) in [7, 11) is 0. The molecule has 2 aromatic rings. The number of benzene rings is 2. The molecule has 0 aromatic heterocycles. The number of carbonyl (C=O) groups is 1. The van der Waals surface area contributed by atoms with Crippen molar-refractivity contribution in [2.75, 3.05) is 13.1 Å². The molecule has 0 saturated carbocycles. The van der Waals surface area contributed by atoms with Gasteiger partial charge in [-0.05, 0) is 37.1 Å². The largest absolute Gasteiger partial charge is 0.339 e. The molecule has 2 aromatic carbocycles. The van der Waals surface area contributed by atoms with E-state index in [1.807, 2.05) is 53.4 Å². The lowest BCUT2D eigenvalue weighted by Gasteiger charge is -2.21. The van der Waals surface area contributed by atoms with E-state index in [2.05, 4.69) is 6.07 Å². The van der Waals surface area contributed by atoms with E-state index in [9.17, 15) is 10.1 Å². The van der Waals surface area contributed by atoms with Gasteiger partial charge in [-0.15, -0.1) is 0 Å². The van der Waals surface area contributed by atoms with Crippen molar-refractivity contribution in [3.8, 4) is 6.07 Å². The lowest BCUT2D eigenvalue weighted by molar-refractivity contribution is 0.0758. The molecular formula is C20H20N2OS. The van der Waals surface area contributed by atoms with Crippen molar-refractivity contribution in [3.05, 3.63) is 59.7 Å². The van der Waals surface area contributed by atoms with Crippen molar-refractivity contribution < 1.29 is 4.79 Å². The summed E-state index contributed by atoms with van der Waals surface area (Å²) in [5.74, 6) is 0.106. The number of nitrogens with zero attached hydrogens (tertiary/aromatic N) is 2. The second-order valence-electron chi connectivity index (χ2n) is 5.91. The minimum absolute atomic E-state index is 0.106. The van der Waals surface area contributed by atoms with Gasteiger partial charge in [0.2, 0.25) is 0 Å². The van der Waals surface area contributed by atoms with E-state index < -0.39 is 0 Å². The molecule has 1 saturated heterocycles. The lowest BCUT2D eigenvalue weighted by Crippen LogP contribution is -2.32. The quantitative estimate of drug-likeness (QED) is 0.814. The second kappa shape index (κ2) is 8.03. The zero-order chi connectivity index (χ0) is 16.8. The highest BCUT2D eigenvalue weighted by Gasteiger charge is 2.20. The van der Waals surface area contributed by atoms with Gasteiger partial charge in [0, 0.05) is 22.9 Å². The molecule has 4 heteroatoms. The number of hydrogen-bond donors (Lipinski definition) is 0. The van der Waals surface area contributed by atoms with E-state index in [0.717, 1.165) is 41.3 Å². The van der Waals surface area contributed by atoms with Crippen LogP contribution in [0.5, 0.6) is 0 Å². The van der Waals surface area contributed by atoms with Gasteiger partial charge >= 0.3 is 0 Å². The fourth-order valence-corrected chi connectivity index (χ4v) is 3.96. The van der Waals surface area contributed by atoms with E-state index in [4.69, 9.17) is 0 Å². The third kappa shape index (κ3) is 3.80. The van der Waals surface area contributed by atoms with Crippen LogP contribution in [0.25, 0.3) is 0 Å². The molecule has 3 rings (SSSR count). The SMILES string of the molecule is N#Cc1ccccc1Sc1ccccc1C(=O)N1CCCCCC1. The van der Waals surface area contributed by atoms with Gasteiger partial charge in [0.1, 0.15) is 6.07 Å². The summed E-state index contributed by atoms with van der Waals surface area (Å²) in [5, 5.41) is 9.27. The van der Waals surface area contributed by atoms with E-state index in [1.165, 1.54) is 24.6 Å². The Morgan fingerprint density at radius 3 is 2.25 bits per heavy atom. The average Bonchev–Trinajstić information content (AvgIpc) is 2.91. The molecule has 0 aliphatic carbocycles. The molecule has 0 spiro atoms. The minimum Gasteiger partial charge on any atom is -0.339 e. The van der Waals surface area contributed by atoms with Crippen molar-refractivity contribution in [2.45, 2.75) is 35.5 Å². The van der Waals surface area contributed by atoms with E-state index in [0.29, 0.717) is 5.56 Å². The maximum atomic E-state index is 13.0. The molecule has 0 unspecified atom stereocenters. The summed E-state index contributed by atoms with van der Waals surface area (Å²) >= 11 is 1.49. The van der Waals surface area contributed by atoms with Gasteiger partial charge in [0.25, 0.3) is 5.91 Å². The van der Waals surface area contributed by atoms with Crippen LogP contribution >= 0.6 is 11.8 Å². The van der Waals surface area contributed by atoms with Crippen LogP contribution < -0.4 is 0 Å². The summed E-state index contributed by atoms with van der Waals surface area (Å²) in [6.07, 6.45) is 4.57. The minimum atomic E-state index is 0.106. The monoisotopic (exact) mass is 336 g/mol. The molecule has 1 fully saturated rings. The molecule has 0 bridgehead atoms. The Morgan fingerprint density at radius 1 is 0.917 bits per heavy atom. The van der Waals surface area contributed by atoms with Gasteiger partial charge in [0.05, 0.1) is 11.1 Å². The predicted molar refractivity (Wildman–Crippen MR) is 96.1 cm³/mol. The van der Waals surface area contributed by atoms with Gasteiger partial charge in [0.15, 0.2) is 0 Å². The van der Waals surface area contributed by atoms with Crippen molar-refractivity contribution in [2.24, 2.45) is 0 Å². The molecule has 0 N–H and O–H groups in total. The van der Waals surface area contributed by atoms with Gasteiger partial charge in [-0.25, -0.2) is 0 Å². The number of hydrogen-bond acceptors (Lipinski definition) is 3. The summed E-state index contributed by atoms with van der Waals surface area (Å²) in [6.45, 7) is 1.68. The Labute approximate surface area is 147 Å². The first-order valence-corrected chi connectivity index (χ1v) is 9.16. The Kier molecular flexibility index (Phi) is 5.55. The normalized spacial score (nSPS) is 14.7. The molecule has 0 atom stereocenters. The fraction of sp³-hybridized carbons (Fsp3) is 0.300. The standard InChI is InChI=1S/C20H20N2OS/c21-15-16-9-3-5-11-18(16)24-19-12-6-4-10-17(19)20(23)22-13-7-1-2-8-14-22/h3-6,9-12H,1-2,7-8,13-14H2. The van der Waals surface area contributed by atoms with Gasteiger partial charge < -0.3 is 4.90 Å². The maximum Gasteiger partial charge on any atom is 0.255 e. The van der Waals surface area contributed by atoms with Crippen LogP contribution in [0, 0.1) is 11.3 Å². The first kappa shape index (κ1) is 16.6. The van der Waals surface area contributed by atoms with Crippen molar-refractivity contribution in [1.29, 1.82) is 5.26 Å². The molecule has 1 aliphatic rings. The highest BCUT2D eigenvalue weighted by molar-refractivity contribution is 7.99. The molecule has 1 amide bonds. The lowest BCUT2D eigenvalue weighted by atomic mass is 10.2. The zero-order valence-corrected chi connectivity index (χ0v) is 14.4. The first-order chi connectivity index (χ1) is 11.8. The number of carbonyl (C=O) groups excluding carboxylic acids is 1. The molecule has 0 radical (unpaired) electrons. The van der Waals surface area contributed by atoms with E-state index in [-0.39, 0.29) is 5.91 Å². The Hall–Kier alpha value is -2.25. The van der Waals surface area contributed by atoms with Crippen LogP contribution in [-0.4, -0.2) is 23.9 Å². The smallest absolute Gasteiger partial charge is 0.255 e. The molecule has 1 aliphatic heterocycles. The number of rotatable bonds is 3. The Balaban J connectivity index is 1.87. The maximum absolute atomic E-state index is 13.0. The summed E-state index contributed by atoms with van der Waals surface area (Å²) in [4.78, 5) is 16.7. The average molecular weight is 336 g/mol. The highest BCUT2D eigenvalue weighted by atomic mass is 32.2. The van der Waals surface area contributed by atoms with Gasteiger partial charge in [-0.3, -0.25) is 4.79 Å².